The zero-order valence-electron chi connectivity index (χ0n) is 26.1. The molecule has 0 aliphatic rings. The molecule has 0 aliphatic heterocycles. The molecule has 3 heteroatoms. The lowest BCUT2D eigenvalue weighted by Crippen LogP contribution is -2.41. The van der Waals surface area contributed by atoms with Gasteiger partial charge in [-0.1, -0.05) is 157 Å². The Labute approximate surface area is 245 Å². The van der Waals surface area contributed by atoms with Crippen molar-refractivity contribution in [3.05, 3.63) is 71.8 Å². The van der Waals surface area contributed by atoms with Gasteiger partial charge in [-0.2, -0.15) is 0 Å². The topological polar surface area (TPSA) is 9.23 Å². The van der Waals surface area contributed by atoms with E-state index in [1.165, 1.54) is 139 Å². The first-order valence-electron chi connectivity index (χ1n) is 16.7. The van der Waals surface area contributed by atoms with Crippen molar-refractivity contribution >= 4 is 9.76 Å². The van der Waals surface area contributed by atoms with Crippen LogP contribution in [0.5, 0.6) is 0 Å². The van der Waals surface area contributed by atoms with Gasteiger partial charge in [0, 0.05) is 0 Å². The quantitative estimate of drug-likeness (QED) is 0.0676. The predicted molar refractivity (Wildman–Crippen MR) is 175 cm³/mol. The van der Waals surface area contributed by atoms with Crippen LogP contribution in [0.1, 0.15) is 133 Å². The van der Waals surface area contributed by atoms with E-state index < -0.39 is 9.76 Å². The van der Waals surface area contributed by atoms with Crippen LogP contribution in [0.25, 0.3) is 0 Å². The lowest BCUT2D eigenvalue weighted by atomic mass is 10.0. The molecule has 2 aromatic carbocycles. The second-order valence-electron chi connectivity index (χ2n) is 12.5. The highest BCUT2D eigenvalue weighted by Crippen LogP contribution is 2.25. The van der Waals surface area contributed by atoms with Crippen molar-refractivity contribution in [3.63, 3.8) is 0 Å². The van der Waals surface area contributed by atoms with Gasteiger partial charge in [-0.05, 0) is 36.4 Å². The standard InChI is InChI=1S/C36H62NOSi/c1-4-5-6-7-8-9-10-11-12-13-14-15-16-17-18-25-31-37(2,3)32-26-33-39-38-36(34-27-21-19-22-28-34)35-29-23-20-24-30-35/h19-24,27-30,36H,4-18,25-26,31-33,39H2,1-3H3/q+1. The molecule has 0 N–H and O–H groups in total. The highest BCUT2D eigenvalue weighted by atomic mass is 28.2. The van der Waals surface area contributed by atoms with Crippen molar-refractivity contribution in [3.8, 4) is 0 Å². The van der Waals surface area contributed by atoms with Gasteiger partial charge in [-0.25, -0.2) is 0 Å². The zero-order chi connectivity index (χ0) is 27.9. The molecule has 39 heavy (non-hydrogen) atoms. The normalized spacial score (nSPS) is 12.2. The van der Waals surface area contributed by atoms with Crippen LogP contribution in [0, 0.1) is 0 Å². The van der Waals surface area contributed by atoms with Crippen molar-refractivity contribution < 1.29 is 8.91 Å². The Hall–Kier alpha value is -1.42. The maximum atomic E-state index is 6.55. The number of unbranched alkanes of at least 4 members (excludes halogenated alkanes) is 15. The van der Waals surface area contributed by atoms with E-state index >= 15 is 0 Å². The molecule has 0 fully saturated rings. The molecule has 0 radical (unpaired) electrons. The summed E-state index contributed by atoms with van der Waals surface area (Å²) >= 11 is 0. The Morgan fingerprint density at radius 2 is 0.923 bits per heavy atom. The lowest BCUT2D eigenvalue weighted by molar-refractivity contribution is -0.890. The number of nitrogens with zero attached hydrogens (tertiary/aromatic N) is 1. The molecule has 220 valence electrons. The summed E-state index contributed by atoms with van der Waals surface area (Å²) in [7, 11) is 4.29. The molecule has 0 saturated heterocycles. The summed E-state index contributed by atoms with van der Waals surface area (Å²) in [5.41, 5.74) is 2.55. The third-order valence-electron chi connectivity index (χ3n) is 8.26. The highest BCUT2D eigenvalue weighted by Gasteiger charge is 2.16. The summed E-state index contributed by atoms with van der Waals surface area (Å²) in [5.74, 6) is 0. The summed E-state index contributed by atoms with van der Waals surface area (Å²) < 4.78 is 7.72. The largest absolute Gasteiger partial charge is 0.413 e. The fourth-order valence-corrected chi connectivity index (χ4v) is 6.90. The molecule has 0 atom stereocenters. The van der Waals surface area contributed by atoms with Gasteiger partial charge in [0.25, 0.3) is 0 Å². The average molecular weight is 553 g/mol. The van der Waals surface area contributed by atoms with Crippen LogP contribution in [0.4, 0.5) is 0 Å². The predicted octanol–water partition coefficient (Wildman–Crippen LogP) is 10.0. The van der Waals surface area contributed by atoms with Gasteiger partial charge in [0.05, 0.1) is 33.3 Å². The maximum Gasteiger partial charge on any atom is 0.163 e. The fraction of sp³-hybridized carbons (Fsp3) is 0.667. The van der Waals surface area contributed by atoms with Crippen LogP contribution < -0.4 is 0 Å². The molecule has 2 rings (SSSR count). The van der Waals surface area contributed by atoms with Gasteiger partial charge < -0.3 is 8.91 Å². The molecular formula is C36H62NOSi+. The monoisotopic (exact) mass is 552 g/mol. The van der Waals surface area contributed by atoms with Crippen molar-refractivity contribution in [1.82, 2.24) is 0 Å². The Balaban J connectivity index is 1.44. The van der Waals surface area contributed by atoms with E-state index in [0.29, 0.717) is 0 Å². The number of hydrogen-bond acceptors (Lipinski definition) is 1. The van der Waals surface area contributed by atoms with Crippen LogP contribution in [-0.4, -0.2) is 41.4 Å². The Morgan fingerprint density at radius 1 is 0.538 bits per heavy atom. The number of hydrogen-bond donors (Lipinski definition) is 0. The van der Waals surface area contributed by atoms with E-state index in [1.807, 2.05) is 0 Å². The summed E-state index contributed by atoms with van der Waals surface area (Å²) in [5, 5.41) is 0. The SMILES string of the molecule is CCCCCCCCCCCCCCCCCC[N+](C)(C)CCC[SiH2]OC(c1ccccc1)c1ccccc1. The molecule has 0 aromatic heterocycles. The lowest BCUT2D eigenvalue weighted by Gasteiger charge is -2.30. The van der Waals surface area contributed by atoms with Gasteiger partial charge in [-0.3, -0.25) is 0 Å². The summed E-state index contributed by atoms with van der Waals surface area (Å²) in [6, 6.07) is 22.7. The maximum absolute atomic E-state index is 6.55. The van der Waals surface area contributed by atoms with Crippen LogP contribution in [0.15, 0.2) is 60.7 Å². The van der Waals surface area contributed by atoms with Gasteiger partial charge in [-0.15, -0.1) is 0 Å². The zero-order valence-corrected chi connectivity index (χ0v) is 27.5. The molecule has 2 aromatic rings. The first kappa shape index (κ1) is 33.8. The number of rotatable bonds is 25. The van der Waals surface area contributed by atoms with E-state index in [9.17, 15) is 0 Å². The van der Waals surface area contributed by atoms with Crippen LogP contribution in [-0.2, 0) is 4.43 Å². The van der Waals surface area contributed by atoms with E-state index in [2.05, 4.69) is 81.7 Å². The van der Waals surface area contributed by atoms with Gasteiger partial charge in [0.15, 0.2) is 9.76 Å². The van der Waals surface area contributed by atoms with Crippen molar-refractivity contribution in [2.75, 3.05) is 27.2 Å². The summed E-state index contributed by atoms with van der Waals surface area (Å²) in [6.07, 6.45) is 24.5. The summed E-state index contributed by atoms with van der Waals surface area (Å²) in [4.78, 5) is 0. The molecule has 0 heterocycles. The molecule has 2 nitrogen and oxygen atoms in total. The highest BCUT2D eigenvalue weighted by molar-refractivity contribution is 6.27. The Bertz CT molecular complexity index is 755. The minimum absolute atomic E-state index is 0.0895. The van der Waals surface area contributed by atoms with Gasteiger partial charge >= 0.3 is 0 Å². The van der Waals surface area contributed by atoms with Crippen LogP contribution in [0.3, 0.4) is 0 Å². The van der Waals surface area contributed by atoms with Crippen molar-refractivity contribution in [2.45, 2.75) is 128 Å². The first-order valence-corrected chi connectivity index (χ1v) is 18.2. The molecule has 0 spiro atoms. The first-order chi connectivity index (χ1) is 19.1. The second-order valence-corrected chi connectivity index (χ2v) is 13.9. The Morgan fingerprint density at radius 3 is 1.36 bits per heavy atom. The minimum atomic E-state index is -0.551. The smallest absolute Gasteiger partial charge is 0.163 e. The fourth-order valence-electron chi connectivity index (χ4n) is 5.68. The third-order valence-corrected chi connectivity index (χ3v) is 9.62. The van der Waals surface area contributed by atoms with E-state index in [4.69, 9.17) is 4.43 Å². The number of benzene rings is 2. The van der Waals surface area contributed by atoms with E-state index in [1.54, 1.807) is 0 Å². The van der Waals surface area contributed by atoms with Crippen LogP contribution >= 0.6 is 0 Å². The molecule has 0 aliphatic carbocycles. The van der Waals surface area contributed by atoms with Crippen molar-refractivity contribution in [2.24, 2.45) is 0 Å². The van der Waals surface area contributed by atoms with Gasteiger partial charge in [0.1, 0.15) is 0 Å². The minimum Gasteiger partial charge on any atom is -0.413 e. The van der Waals surface area contributed by atoms with Crippen LogP contribution in [0.2, 0.25) is 6.04 Å². The van der Waals surface area contributed by atoms with E-state index in [-0.39, 0.29) is 6.10 Å². The Kier molecular flexibility index (Phi) is 19.3. The van der Waals surface area contributed by atoms with Gasteiger partial charge in [0.2, 0.25) is 0 Å². The van der Waals surface area contributed by atoms with E-state index in [0.717, 1.165) is 4.48 Å². The molecule has 0 bridgehead atoms. The van der Waals surface area contributed by atoms with Crippen molar-refractivity contribution in [1.29, 1.82) is 0 Å². The molecule has 0 amide bonds. The average Bonchev–Trinajstić information content (AvgIpc) is 2.95. The number of quaternary nitrogens is 1. The molecule has 0 unspecified atom stereocenters. The second kappa shape index (κ2) is 22.3. The molecular weight excluding hydrogens is 490 g/mol. The third kappa shape index (κ3) is 17.1. The molecule has 0 saturated carbocycles. The summed E-state index contributed by atoms with van der Waals surface area (Å²) in [6.45, 7) is 4.89.